The SMILES string of the molecule is Cc1nc2c(n1-c1ccc3ccccc3c1)C(=O)c1ccccc1C2=O. The van der Waals surface area contributed by atoms with Crippen LogP contribution in [0, 0.1) is 6.92 Å². The van der Waals surface area contributed by atoms with E-state index in [0.717, 1.165) is 16.5 Å². The number of rotatable bonds is 1. The van der Waals surface area contributed by atoms with E-state index in [1.165, 1.54) is 0 Å². The van der Waals surface area contributed by atoms with E-state index in [0.29, 0.717) is 22.6 Å². The molecule has 0 fully saturated rings. The van der Waals surface area contributed by atoms with E-state index >= 15 is 0 Å². The quantitative estimate of drug-likeness (QED) is 0.462. The first-order chi connectivity index (χ1) is 12.6. The standard InChI is InChI=1S/C22H14N2O2/c1-13-23-19-20(22(26)18-9-5-4-8-17(18)21(19)25)24(13)16-11-10-14-6-2-3-7-15(14)12-16/h2-12H,1H3. The average molecular weight is 338 g/mol. The van der Waals surface area contributed by atoms with Crippen molar-refractivity contribution in [2.75, 3.05) is 0 Å². The van der Waals surface area contributed by atoms with E-state index in [-0.39, 0.29) is 17.3 Å². The fraction of sp³-hybridized carbons (Fsp3) is 0.0455. The van der Waals surface area contributed by atoms with Gasteiger partial charge in [0, 0.05) is 16.8 Å². The number of aryl methyl sites for hydroxylation is 1. The molecule has 3 aromatic carbocycles. The van der Waals surface area contributed by atoms with Gasteiger partial charge in [-0.15, -0.1) is 0 Å². The fourth-order valence-electron chi connectivity index (χ4n) is 3.67. The fourth-order valence-corrected chi connectivity index (χ4v) is 3.67. The Morgan fingerprint density at radius 2 is 1.42 bits per heavy atom. The van der Waals surface area contributed by atoms with E-state index in [1.807, 2.05) is 49.4 Å². The highest BCUT2D eigenvalue weighted by Crippen LogP contribution is 2.30. The number of benzene rings is 3. The van der Waals surface area contributed by atoms with Crippen molar-refractivity contribution in [2.24, 2.45) is 0 Å². The molecular formula is C22H14N2O2. The number of fused-ring (bicyclic) bond motifs is 3. The van der Waals surface area contributed by atoms with Crippen molar-refractivity contribution in [3.63, 3.8) is 0 Å². The zero-order valence-corrected chi connectivity index (χ0v) is 14.1. The highest BCUT2D eigenvalue weighted by atomic mass is 16.1. The molecule has 0 radical (unpaired) electrons. The van der Waals surface area contributed by atoms with Gasteiger partial charge in [0.15, 0.2) is 0 Å². The summed E-state index contributed by atoms with van der Waals surface area (Å²) in [6, 6.07) is 21.0. The van der Waals surface area contributed by atoms with Crippen LogP contribution in [0.3, 0.4) is 0 Å². The minimum absolute atomic E-state index is 0.163. The highest BCUT2D eigenvalue weighted by Gasteiger charge is 2.35. The monoisotopic (exact) mass is 338 g/mol. The largest absolute Gasteiger partial charge is 0.293 e. The summed E-state index contributed by atoms with van der Waals surface area (Å²) < 4.78 is 1.79. The van der Waals surface area contributed by atoms with Gasteiger partial charge < -0.3 is 0 Å². The zero-order valence-electron chi connectivity index (χ0n) is 14.1. The first-order valence-electron chi connectivity index (χ1n) is 8.42. The van der Waals surface area contributed by atoms with Gasteiger partial charge >= 0.3 is 0 Å². The number of aromatic nitrogens is 2. The molecule has 0 bridgehead atoms. The molecule has 124 valence electrons. The third-order valence-corrected chi connectivity index (χ3v) is 4.88. The Labute approximate surface area is 149 Å². The molecule has 0 atom stereocenters. The summed E-state index contributed by atoms with van der Waals surface area (Å²) >= 11 is 0. The van der Waals surface area contributed by atoms with Gasteiger partial charge in [0.1, 0.15) is 17.2 Å². The molecule has 4 heteroatoms. The van der Waals surface area contributed by atoms with Crippen molar-refractivity contribution in [3.8, 4) is 5.69 Å². The van der Waals surface area contributed by atoms with Crippen molar-refractivity contribution in [3.05, 3.63) is 95.1 Å². The van der Waals surface area contributed by atoms with E-state index in [2.05, 4.69) is 4.98 Å². The summed E-state index contributed by atoms with van der Waals surface area (Å²) in [5, 5.41) is 2.19. The number of hydrogen-bond acceptors (Lipinski definition) is 3. The number of imidazole rings is 1. The Balaban J connectivity index is 1.78. The van der Waals surface area contributed by atoms with E-state index in [9.17, 15) is 9.59 Å². The molecule has 0 saturated heterocycles. The van der Waals surface area contributed by atoms with Crippen molar-refractivity contribution in [2.45, 2.75) is 6.92 Å². The molecule has 0 N–H and O–H groups in total. The van der Waals surface area contributed by atoms with Gasteiger partial charge in [0.05, 0.1) is 0 Å². The van der Waals surface area contributed by atoms with Crippen LogP contribution >= 0.6 is 0 Å². The molecule has 4 nitrogen and oxygen atoms in total. The summed E-state index contributed by atoms with van der Waals surface area (Å²) in [6.45, 7) is 1.82. The van der Waals surface area contributed by atoms with Gasteiger partial charge in [0.25, 0.3) is 0 Å². The highest BCUT2D eigenvalue weighted by molar-refractivity contribution is 6.27. The molecule has 0 amide bonds. The van der Waals surface area contributed by atoms with Gasteiger partial charge in [-0.3, -0.25) is 14.2 Å². The molecule has 0 aliphatic heterocycles. The van der Waals surface area contributed by atoms with Crippen LogP contribution in [-0.4, -0.2) is 21.1 Å². The predicted octanol–water partition coefficient (Wildman–Crippen LogP) is 4.11. The van der Waals surface area contributed by atoms with Crippen molar-refractivity contribution >= 4 is 22.3 Å². The van der Waals surface area contributed by atoms with Gasteiger partial charge in [-0.25, -0.2) is 4.98 Å². The smallest absolute Gasteiger partial charge is 0.214 e. The summed E-state index contributed by atoms with van der Waals surface area (Å²) in [4.78, 5) is 30.4. The molecule has 4 aromatic rings. The van der Waals surface area contributed by atoms with Crippen molar-refractivity contribution in [1.29, 1.82) is 0 Å². The first kappa shape index (κ1) is 14.8. The molecule has 1 aliphatic rings. The third-order valence-electron chi connectivity index (χ3n) is 4.88. The zero-order chi connectivity index (χ0) is 17.8. The topological polar surface area (TPSA) is 52.0 Å². The Hall–Kier alpha value is -3.53. The Bertz CT molecular complexity index is 1230. The van der Waals surface area contributed by atoms with Gasteiger partial charge in [-0.2, -0.15) is 0 Å². The molecule has 1 aliphatic carbocycles. The normalized spacial score (nSPS) is 13.0. The summed E-state index contributed by atoms with van der Waals surface area (Å²) in [5.74, 6) is 0.265. The summed E-state index contributed by atoms with van der Waals surface area (Å²) in [6.07, 6.45) is 0. The van der Waals surface area contributed by atoms with Crippen molar-refractivity contribution in [1.82, 2.24) is 9.55 Å². The molecule has 0 saturated carbocycles. The predicted molar refractivity (Wildman–Crippen MR) is 99.1 cm³/mol. The van der Waals surface area contributed by atoms with Crippen molar-refractivity contribution < 1.29 is 9.59 Å². The lowest BCUT2D eigenvalue weighted by Crippen LogP contribution is -2.22. The maximum absolute atomic E-state index is 13.1. The van der Waals surface area contributed by atoms with E-state index < -0.39 is 0 Å². The minimum Gasteiger partial charge on any atom is -0.293 e. The molecule has 0 unspecified atom stereocenters. The second kappa shape index (κ2) is 5.23. The van der Waals surface area contributed by atoms with Crippen LogP contribution in [0.25, 0.3) is 16.5 Å². The second-order valence-electron chi connectivity index (χ2n) is 6.43. The number of carbonyl (C=O) groups is 2. The Kier molecular flexibility index (Phi) is 2.97. The van der Waals surface area contributed by atoms with Crippen LogP contribution in [0.15, 0.2) is 66.7 Å². The minimum atomic E-state index is -0.196. The Morgan fingerprint density at radius 1 is 0.769 bits per heavy atom. The lowest BCUT2D eigenvalue weighted by molar-refractivity contribution is 0.0972. The number of hydrogen-bond donors (Lipinski definition) is 0. The van der Waals surface area contributed by atoms with Crippen LogP contribution < -0.4 is 0 Å². The average Bonchev–Trinajstić information content (AvgIpc) is 3.03. The van der Waals surface area contributed by atoms with Gasteiger partial charge in [-0.05, 0) is 29.8 Å². The molecule has 26 heavy (non-hydrogen) atoms. The molecule has 1 heterocycles. The van der Waals surface area contributed by atoms with E-state index in [4.69, 9.17) is 0 Å². The lowest BCUT2D eigenvalue weighted by atomic mass is 9.90. The van der Waals surface area contributed by atoms with Crippen LogP contribution in [0.1, 0.15) is 37.9 Å². The number of ketones is 2. The molecule has 1 aromatic heterocycles. The number of nitrogens with zero attached hydrogens (tertiary/aromatic N) is 2. The maximum Gasteiger partial charge on any atom is 0.214 e. The summed E-state index contributed by atoms with van der Waals surface area (Å²) in [7, 11) is 0. The maximum atomic E-state index is 13.1. The van der Waals surface area contributed by atoms with Crippen LogP contribution in [-0.2, 0) is 0 Å². The third kappa shape index (κ3) is 1.93. The molecular weight excluding hydrogens is 324 g/mol. The molecule has 0 spiro atoms. The number of carbonyl (C=O) groups excluding carboxylic acids is 2. The first-order valence-corrected chi connectivity index (χ1v) is 8.42. The van der Waals surface area contributed by atoms with Gasteiger partial charge in [-0.1, -0.05) is 54.6 Å². The molecule has 5 rings (SSSR count). The van der Waals surface area contributed by atoms with Crippen LogP contribution in [0.4, 0.5) is 0 Å². The van der Waals surface area contributed by atoms with Crippen LogP contribution in [0.5, 0.6) is 0 Å². The Morgan fingerprint density at radius 3 is 2.19 bits per heavy atom. The second-order valence-corrected chi connectivity index (χ2v) is 6.43. The van der Waals surface area contributed by atoms with E-state index in [1.54, 1.807) is 28.8 Å². The lowest BCUT2D eigenvalue weighted by Gasteiger charge is -2.16. The van der Waals surface area contributed by atoms with Gasteiger partial charge in [0.2, 0.25) is 11.6 Å². The summed E-state index contributed by atoms with van der Waals surface area (Å²) in [5.41, 5.74) is 2.27. The van der Waals surface area contributed by atoms with Crippen LogP contribution in [0.2, 0.25) is 0 Å².